The Hall–Kier alpha value is -2.37. The number of anilines is 2. The van der Waals surface area contributed by atoms with E-state index < -0.39 is 0 Å². The Balaban J connectivity index is 1.92. The van der Waals surface area contributed by atoms with E-state index >= 15 is 0 Å². The van der Waals surface area contributed by atoms with E-state index in [9.17, 15) is 14.4 Å². The summed E-state index contributed by atoms with van der Waals surface area (Å²) in [5.74, 6) is -0.936. The largest absolute Gasteiger partial charge is 0.398 e. The Morgan fingerprint density at radius 2 is 2.14 bits per heavy atom. The molecule has 2 rings (SSSR count). The fourth-order valence-corrected chi connectivity index (χ4v) is 2.30. The van der Waals surface area contributed by atoms with E-state index in [4.69, 9.17) is 5.73 Å². The fraction of sp³-hybridized carbons (Fsp3) is 0.400. The normalized spacial score (nSPS) is 18.2. The molecule has 1 unspecified atom stereocenters. The zero-order chi connectivity index (χ0) is 15.6. The molecule has 1 atom stereocenters. The quantitative estimate of drug-likeness (QED) is 0.645. The van der Waals surface area contributed by atoms with Crippen LogP contribution in [0.25, 0.3) is 0 Å². The first-order valence-corrected chi connectivity index (χ1v) is 6.89. The van der Waals surface area contributed by atoms with Crippen LogP contribution in [0.1, 0.15) is 25.3 Å². The maximum Gasteiger partial charge on any atom is 0.232 e. The summed E-state index contributed by atoms with van der Waals surface area (Å²) in [7, 11) is 0. The lowest BCUT2D eigenvalue weighted by molar-refractivity contribution is -0.139. The van der Waals surface area contributed by atoms with Crippen molar-refractivity contribution in [1.82, 2.24) is 4.90 Å². The Bertz CT molecular complexity index is 598. The SMILES string of the molecule is Cc1c(N)cccc1NC(=O)CCN1C(=O)CC(C)C1=O. The van der Waals surface area contributed by atoms with Crippen LogP contribution in [0.15, 0.2) is 18.2 Å². The van der Waals surface area contributed by atoms with E-state index in [-0.39, 0.29) is 43.0 Å². The number of likely N-dealkylation sites (tertiary alicyclic amines) is 1. The number of nitrogens with one attached hydrogen (secondary N) is 1. The van der Waals surface area contributed by atoms with E-state index in [2.05, 4.69) is 5.32 Å². The minimum atomic E-state index is -0.281. The lowest BCUT2D eigenvalue weighted by Crippen LogP contribution is -2.33. The van der Waals surface area contributed by atoms with Crippen molar-refractivity contribution in [1.29, 1.82) is 0 Å². The van der Waals surface area contributed by atoms with Crippen molar-refractivity contribution in [2.24, 2.45) is 5.92 Å². The van der Waals surface area contributed by atoms with Gasteiger partial charge in [-0.25, -0.2) is 0 Å². The number of carbonyl (C=O) groups is 3. The highest BCUT2D eigenvalue weighted by molar-refractivity contribution is 6.03. The van der Waals surface area contributed by atoms with Crippen LogP contribution in [0, 0.1) is 12.8 Å². The predicted molar refractivity (Wildman–Crippen MR) is 79.3 cm³/mol. The summed E-state index contributed by atoms with van der Waals surface area (Å²) in [6.45, 7) is 3.66. The smallest absolute Gasteiger partial charge is 0.232 e. The third kappa shape index (κ3) is 3.21. The summed E-state index contributed by atoms with van der Waals surface area (Å²) in [6, 6.07) is 5.28. The van der Waals surface area contributed by atoms with Crippen molar-refractivity contribution >= 4 is 29.1 Å². The van der Waals surface area contributed by atoms with E-state index in [1.165, 1.54) is 0 Å². The van der Waals surface area contributed by atoms with Crippen molar-refractivity contribution in [2.75, 3.05) is 17.6 Å². The van der Waals surface area contributed by atoms with Gasteiger partial charge in [0.05, 0.1) is 0 Å². The minimum Gasteiger partial charge on any atom is -0.398 e. The summed E-state index contributed by atoms with van der Waals surface area (Å²) in [5.41, 5.74) is 7.82. The van der Waals surface area contributed by atoms with Crippen LogP contribution in [0.4, 0.5) is 11.4 Å². The van der Waals surface area contributed by atoms with Gasteiger partial charge in [0.2, 0.25) is 17.7 Å². The molecule has 3 N–H and O–H groups in total. The fourth-order valence-electron chi connectivity index (χ4n) is 2.30. The third-order valence-corrected chi connectivity index (χ3v) is 3.68. The molecular weight excluding hydrogens is 270 g/mol. The zero-order valence-electron chi connectivity index (χ0n) is 12.2. The second-order valence-electron chi connectivity index (χ2n) is 5.31. The molecule has 1 aliphatic rings. The van der Waals surface area contributed by atoms with Crippen molar-refractivity contribution in [2.45, 2.75) is 26.7 Å². The standard InChI is InChI=1S/C15H19N3O3/c1-9-8-14(20)18(15(9)21)7-6-13(19)17-12-5-3-4-11(16)10(12)2/h3-5,9H,6-8,16H2,1-2H3,(H,17,19). The maximum absolute atomic E-state index is 11.9. The van der Waals surface area contributed by atoms with E-state index in [1.807, 2.05) is 6.92 Å². The highest BCUT2D eigenvalue weighted by Gasteiger charge is 2.35. The van der Waals surface area contributed by atoms with Crippen LogP contribution < -0.4 is 11.1 Å². The van der Waals surface area contributed by atoms with Crippen molar-refractivity contribution in [3.63, 3.8) is 0 Å². The highest BCUT2D eigenvalue weighted by atomic mass is 16.2. The van der Waals surface area contributed by atoms with Crippen LogP contribution in [0.5, 0.6) is 0 Å². The van der Waals surface area contributed by atoms with Crippen molar-refractivity contribution in [3.8, 4) is 0 Å². The number of nitrogens with zero attached hydrogens (tertiary/aromatic N) is 1. The summed E-state index contributed by atoms with van der Waals surface area (Å²) in [4.78, 5) is 36.5. The molecule has 6 heteroatoms. The molecule has 1 heterocycles. The van der Waals surface area contributed by atoms with Gasteiger partial charge in [-0.3, -0.25) is 19.3 Å². The molecule has 1 aromatic rings. The second-order valence-corrected chi connectivity index (χ2v) is 5.31. The third-order valence-electron chi connectivity index (χ3n) is 3.68. The topological polar surface area (TPSA) is 92.5 Å². The molecule has 1 aliphatic heterocycles. The molecule has 112 valence electrons. The van der Waals surface area contributed by atoms with Gasteiger partial charge in [0.1, 0.15) is 0 Å². The molecule has 6 nitrogen and oxygen atoms in total. The molecule has 21 heavy (non-hydrogen) atoms. The van der Waals surface area contributed by atoms with E-state index in [0.717, 1.165) is 10.5 Å². The molecule has 0 saturated carbocycles. The number of hydrogen-bond donors (Lipinski definition) is 2. The van der Waals surface area contributed by atoms with Gasteiger partial charge in [0.15, 0.2) is 0 Å². The molecule has 1 fully saturated rings. The number of hydrogen-bond acceptors (Lipinski definition) is 4. The Morgan fingerprint density at radius 3 is 2.76 bits per heavy atom. The van der Waals surface area contributed by atoms with Gasteiger partial charge in [0.25, 0.3) is 0 Å². The molecule has 1 aromatic carbocycles. The van der Waals surface area contributed by atoms with E-state index in [0.29, 0.717) is 11.4 Å². The summed E-state index contributed by atoms with van der Waals surface area (Å²) in [6.07, 6.45) is 0.313. The molecular formula is C15H19N3O3. The van der Waals surface area contributed by atoms with Crippen LogP contribution in [0.2, 0.25) is 0 Å². The zero-order valence-corrected chi connectivity index (χ0v) is 12.2. The van der Waals surface area contributed by atoms with Crippen molar-refractivity contribution < 1.29 is 14.4 Å². The Labute approximate surface area is 123 Å². The first-order valence-electron chi connectivity index (χ1n) is 6.89. The van der Waals surface area contributed by atoms with Gasteiger partial charge < -0.3 is 11.1 Å². The lowest BCUT2D eigenvalue weighted by Gasteiger charge is -2.15. The molecule has 0 radical (unpaired) electrons. The van der Waals surface area contributed by atoms with Crippen LogP contribution in [-0.4, -0.2) is 29.2 Å². The number of rotatable bonds is 4. The predicted octanol–water partition coefficient (Wildman–Crippen LogP) is 1.30. The first-order chi connectivity index (χ1) is 9.90. The Morgan fingerprint density at radius 1 is 1.43 bits per heavy atom. The number of nitrogens with two attached hydrogens (primary N) is 1. The summed E-state index contributed by atoms with van der Waals surface area (Å²) >= 11 is 0. The average molecular weight is 289 g/mol. The number of nitrogen functional groups attached to an aromatic ring is 1. The van der Waals surface area contributed by atoms with Crippen LogP contribution in [0.3, 0.4) is 0 Å². The number of benzene rings is 1. The molecule has 3 amide bonds. The Kier molecular flexibility index (Phi) is 4.26. The molecule has 0 aliphatic carbocycles. The van der Waals surface area contributed by atoms with Crippen LogP contribution >= 0.6 is 0 Å². The monoisotopic (exact) mass is 289 g/mol. The first kappa shape index (κ1) is 15.0. The molecule has 0 bridgehead atoms. The van der Waals surface area contributed by atoms with Gasteiger partial charge in [-0.15, -0.1) is 0 Å². The van der Waals surface area contributed by atoms with Gasteiger partial charge >= 0.3 is 0 Å². The highest BCUT2D eigenvalue weighted by Crippen LogP contribution is 2.21. The molecule has 0 aromatic heterocycles. The van der Waals surface area contributed by atoms with Gasteiger partial charge in [-0.2, -0.15) is 0 Å². The van der Waals surface area contributed by atoms with E-state index in [1.54, 1.807) is 25.1 Å². The second kappa shape index (κ2) is 5.95. The minimum absolute atomic E-state index is 0.0818. The number of carbonyl (C=O) groups excluding carboxylic acids is 3. The lowest BCUT2D eigenvalue weighted by atomic mass is 10.1. The molecule has 0 spiro atoms. The summed E-state index contributed by atoms with van der Waals surface area (Å²) in [5, 5.41) is 2.75. The van der Waals surface area contributed by atoms with Gasteiger partial charge in [0, 0.05) is 36.7 Å². The number of amides is 3. The maximum atomic E-state index is 11.9. The van der Waals surface area contributed by atoms with Gasteiger partial charge in [-0.1, -0.05) is 13.0 Å². The number of imide groups is 1. The van der Waals surface area contributed by atoms with Crippen molar-refractivity contribution in [3.05, 3.63) is 23.8 Å². The van der Waals surface area contributed by atoms with Crippen LogP contribution in [-0.2, 0) is 14.4 Å². The average Bonchev–Trinajstić information content (AvgIpc) is 2.67. The summed E-state index contributed by atoms with van der Waals surface area (Å²) < 4.78 is 0. The molecule has 1 saturated heterocycles. The van der Waals surface area contributed by atoms with Gasteiger partial charge in [-0.05, 0) is 24.6 Å².